The first kappa shape index (κ1) is 16.0. The zero-order valence-electron chi connectivity index (χ0n) is 10.2. The van der Waals surface area contributed by atoms with E-state index in [1.54, 1.807) is 37.3 Å². The number of hydrogen-bond acceptors (Lipinski definition) is 3. The normalized spacial score (nSPS) is 11.4. The van der Waals surface area contributed by atoms with Crippen LogP contribution in [0.1, 0.15) is 5.56 Å². The lowest BCUT2D eigenvalue weighted by Crippen LogP contribution is -2.11. The van der Waals surface area contributed by atoms with Crippen LogP contribution in [0, 0.1) is 6.92 Å². The fraction of sp³-hybridized carbons (Fsp3) is 0.0769. The number of rotatable bonds is 3. The predicted molar refractivity (Wildman–Crippen MR) is 88.5 cm³/mol. The molecule has 0 radical (unpaired) electrons. The van der Waals surface area contributed by atoms with Crippen molar-refractivity contribution in [3.63, 3.8) is 0 Å². The highest BCUT2D eigenvalue weighted by atomic mass is 79.9. The van der Waals surface area contributed by atoms with Crippen molar-refractivity contribution in [1.29, 1.82) is 0 Å². The molecule has 2 rings (SSSR count). The number of hydrogen-bond donors (Lipinski definition) is 0. The van der Waals surface area contributed by atoms with Crippen molar-refractivity contribution in [2.24, 2.45) is 0 Å². The second kappa shape index (κ2) is 6.17. The molecule has 0 aromatic heterocycles. The van der Waals surface area contributed by atoms with Crippen molar-refractivity contribution in [3.8, 4) is 5.75 Å². The highest BCUT2D eigenvalue weighted by Gasteiger charge is 2.22. The van der Waals surface area contributed by atoms with Crippen molar-refractivity contribution < 1.29 is 12.6 Å². The number of benzene rings is 2. The van der Waals surface area contributed by atoms with Gasteiger partial charge in [-0.2, -0.15) is 8.42 Å². The van der Waals surface area contributed by atoms with E-state index >= 15 is 0 Å². The van der Waals surface area contributed by atoms with Crippen LogP contribution in [0.5, 0.6) is 5.75 Å². The molecule has 0 saturated carbocycles. The molecule has 0 atom stereocenters. The first-order valence-corrected chi connectivity index (χ1v) is 9.24. The average molecular weight is 485 g/mol. The maximum atomic E-state index is 12.3. The van der Waals surface area contributed by atoms with E-state index in [9.17, 15) is 8.42 Å². The summed E-state index contributed by atoms with van der Waals surface area (Å²) in [7, 11) is -3.88. The zero-order valence-corrected chi connectivity index (χ0v) is 15.8. The van der Waals surface area contributed by atoms with E-state index in [4.69, 9.17) is 4.18 Å². The van der Waals surface area contributed by atoms with Crippen LogP contribution in [0.2, 0.25) is 0 Å². The van der Waals surface area contributed by atoms with Crippen LogP contribution < -0.4 is 4.18 Å². The molecule has 0 bridgehead atoms. The molecule has 0 amide bonds. The van der Waals surface area contributed by atoms with E-state index < -0.39 is 10.1 Å². The summed E-state index contributed by atoms with van der Waals surface area (Å²) in [6.07, 6.45) is 0. The van der Waals surface area contributed by atoms with E-state index in [2.05, 4.69) is 47.8 Å². The smallest absolute Gasteiger partial charge is 0.339 e. The Balaban J connectivity index is 2.47. The van der Waals surface area contributed by atoms with Gasteiger partial charge in [0.1, 0.15) is 4.90 Å². The Hall–Kier alpha value is -0.370. The molecule has 7 heteroatoms. The van der Waals surface area contributed by atoms with Gasteiger partial charge < -0.3 is 4.18 Å². The molecule has 2 aromatic rings. The fourth-order valence-corrected chi connectivity index (χ4v) is 5.43. The average Bonchev–Trinajstić information content (AvgIpc) is 2.34. The van der Waals surface area contributed by atoms with E-state index in [0.29, 0.717) is 14.5 Å². The monoisotopic (exact) mass is 482 g/mol. The van der Waals surface area contributed by atoms with Gasteiger partial charge in [0.15, 0.2) is 5.75 Å². The Kier molecular flexibility index (Phi) is 4.94. The molecule has 0 fully saturated rings. The van der Waals surface area contributed by atoms with Crippen LogP contribution in [-0.2, 0) is 10.1 Å². The minimum atomic E-state index is -3.88. The van der Waals surface area contributed by atoms with Gasteiger partial charge in [0.25, 0.3) is 0 Å². The molecule has 0 saturated heterocycles. The minimum Gasteiger partial charge on any atom is -0.377 e. The molecule has 0 heterocycles. The first-order chi connectivity index (χ1) is 9.31. The van der Waals surface area contributed by atoms with Crippen LogP contribution in [0.3, 0.4) is 0 Å². The molecule has 0 N–H and O–H groups in total. The molecule has 0 aliphatic carbocycles. The second-order valence-electron chi connectivity index (χ2n) is 4.00. The number of aryl methyl sites for hydroxylation is 1. The lowest BCUT2D eigenvalue weighted by Gasteiger charge is -2.12. The molecule has 0 unspecified atom stereocenters. The third-order valence-electron chi connectivity index (χ3n) is 2.52. The predicted octanol–water partition coefficient (Wildman–Crippen LogP) is 5.05. The van der Waals surface area contributed by atoms with Crippen molar-refractivity contribution in [1.82, 2.24) is 0 Å². The van der Waals surface area contributed by atoms with E-state index in [1.165, 1.54) is 6.07 Å². The Morgan fingerprint density at radius 3 is 2.10 bits per heavy atom. The minimum absolute atomic E-state index is 0.154. The summed E-state index contributed by atoms with van der Waals surface area (Å²) in [6.45, 7) is 1.72. The van der Waals surface area contributed by atoms with Crippen molar-refractivity contribution in [2.75, 3.05) is 0 Å². The van der Waals surface area contributed by atoms with E-state index in [-0.39, 0.29) is 10.6 Å². The number of halogens is 3. The van der Waals surface area contributed by atoms with Gasteiger partial charge in [-0.05, 0) is 62.5 Å². The van der Waals surface area contributed by atoms with Gasteiger partial charge in [0.05, 0.1) is 8.95 Å². The van der Waals surface area contributed by atoms with Crippen molar-refractivity contribution in [3.05, 3.63) is 55.4 Å². The fourth-order valence-electron chi connectivity index (χ4n) is 1.60. The van der Waals surface area contributed by atoms with Gasteiger partial charge in [0, 0.05) is 4.47 Å². The van der Waals surface area contributed by atoms with Gasteiger partial charge >= 0.3 is 10.1 Å². The Morgan fingerprint density at radius 1 is 1.00 bits per heavy atom. The molecule has 2 aromatic carbocycles. The van der Waals surface area contributed by atoms with Crippen LogP contribution in [0.4, 0.5) is 0 Å². The van der Waals surface area contributed by atoms with Crippen LogP contribution in [0.15, 0.2) is 54.7 Å². The van der Waals surface area contributed by atoms with Crippen molar-refractivity contribution >= 4 is 57.9 Å². The SMILES string of the molecule is Cc1ccccc1S(=O)(=O)Oc1c(Br)cc(Br)cc1Br. The second-order valence-corrected chi connectivity index (χ2v) is 8.14. The summed E-state index contributed by atoms with van der Waals surface area (Å²) in [5.41, 5.74) is 0.636. The van der Waals surface area contributed by atoms with Gasteiger partial charge in [-0.1, -0.05) is 34.1 Å². The highest BCUT2D eigenvalue weighted by Crippen LogP contribution is 2.38. The molecular formula is C13H9Br3O3S. The summed E-state index contributed by atoms with van der Waals surface area (Å²) >= 11 is 9.90. The summed E-state index contributed by atoms with van der Waals surface area (Å²) < 4.78 is 31.8. The van der Waals surface area contributed by atoms with E-state index in [0.717, 1.165) is 4.47 Å². The summed E-state index contributed by atoms with van der Waals surface area (Å²) in [5.74, 6) is 0.219. The van der Waals surface area contributed by atoms with Crippen LogP contribution in [-0.4, -0.2) is 8.42 Å². The molecule has 0 spiro atoms. The van der Waals surface area contributed by atoms with Gasteiger partial charge in [0.2, 0.25) is 0 Å². The summed E-state index contributed by atoms with van der Waals surface area (Å²) in [6, 6.07) is 10.1. The lowest BCUT2D eigenvalue weighted by atomic mass is 10.2. The van der Waals surface area contributed by atoms with E-state index in [1.807, 2.05) is 0 Å². The Labute approximate surface area is 142 Å². The molecule has 0 aliphatic heterocycles. The molecule has 20 heavy (non-hydrogen) atoms. The summed E-state index contributed by atoms with van der Waals surface area (Å²) in [4.78, 5) is 0.154. The van der Waals surface area contributed by atoms with Gasteiger partial charge in [-0.25, -0.2) is 0 Å². The molecule has 106 valence electrons. The zero-order chi connectivity index (χ0) is 14.9. The molecule has 0 aliphatic rings. The maximum absolute atomic E-state index is 12.3. The summed E-state index contributed by atoms with van der Waals surface area (Å²) in [5, 5.41) is 0. The standard InChI is InChI=1S/C13H9Br3O3S/c1-8-4-2-3-5-12(8)20(17,18)19-13-10(15)6-9(14)7-11(13)16/h2-7H,1H3. The first-order valence-electron chi connectivity index (χ1n) is 5.46. The van der Waals surface area contributed by atoms with Gasteiger partial charge in [-0.3, -0.25) is 0 Å². The Morgan fingerprint density at radius 2 is 1.55 bits per heavy atom. The third-order valence-corrected chi connectivity index (χ3v) is 5.54. The van der Waals surface area contributed by atoms with Gasteiger partial charge in [-0.15, -0.1) is 0 Å². The molecule has 3 nitrogen and oxygen atoms in total. The van der Waals surface area contributed by atoms with Crippen LogP contribution in [0.25, 0.3) is 0 Å². The topological polar surface area (TPSA) is 43.4 Å². The largest absolute Gasteiger partial charge is 0.377 e. The molecular weight excluding hydrogens is 476 g/mol. The Bertz CT molecular complexity index is 734. The third kappa shape index (κ3) is 3.44. The quantitative estimate of drug-likeness (QED) is 0.572. The lowest BCUT2D eigenvalue weighted by molar-refractivity contribution is 0.482. The highest BCUT2D eigenvalue weighted by molar-refractivity contribution is 9.11. The van der Waals surface area contributed by atoms with Crippen LogP contribution >= 0.6 is 47.8 Å². The maximum Gasteiger partial charge on any atom is 0.339 e. The van der Waals surface area contributed by atoms with Crippen molar-refractivity contribution in [2.45, 2.75) is 11.8 Å².